The lowest BCUT2D eigenvalue weighted by Gasteiger charge is -2.05. The Labute approximate surface area is 134 Å². The Morgan fingerprint density at radius 3 is 3.00 bits per heavy atom. The maximum absolute atomic E-state index is 11.1. The molecule has 23 heavy (non-hydrogen) atoms. The number of H-pyrrole nitrogens is 1. The molecule has 0 atom stereocenters. The summed E-state index contributed by atoms with van der Waals surface area (Å²) < 4.78 is 0. The molecule has 0 amide bonds. The van der Waals surface area contributed by atoms with Crippen molar-refractivity contribution in [2.24, 2.45) is 0 Å². The van der Waals surface area contributed by atoms with Crippen LogP contribution in [-0.4, -0.2) is 20.1 Å². The molecular formula is C14H10N6O2S. The number of nitrogens with zero attached hydrogens (tertiary/aromatic N) is 4. The molecule has 0 radical (unpaired) electrons. The zero-order chi connectivity index (χ0) is 16.2. The molecule has 0 aliphatic heterocycles. The second-order valence-corrected chi connectivity index (χ2v) is 5.49. The first-order valence-corrected chi connectivity index (χ1v) is 7.43. The lowest BCUT2D eigenvalue weighted by molar-refractivity contribution is -0.384. The number of hydrogen-bond donors (Lipinski definition) is 2. The van der Waals surface area contributed by atoms with Crippen molar-refractivity contribution in [2.45, 2.75) is 6.54 Å². The number of thiophene rings is 1. The van der Waals surface area contributed by atoms with Gasteiger partial charge in [0.15, 0.2) is 5.82 Å². The Kier molecular flexibility index (Phi) is 3.99. The number of nitro groups is 1. The highest BCUT2D eigenvalue weighted by atomic mass is 32.1. The van der Waals surface area contributed by atoms with Crippen molar-refractivity contribution in [1.82, 2.24) is 15.2 Å². The first-order chi connectivity index (χ1) is 11.2. The van der Waals surface area contributed by atoms with Gasteiger partial charge in [-0.15, -0.1) is 11.3 Å². The molecule has 3 aromatic rings. The third-order valence-corrected chi connectivity index (χ3v) is 3.91. The highest BCUT2D eigenvalue weighted by Gasteiger charge is 2.15. The van der Waals surface area contributed by atoms with E-state index in [1.54, 1.807) is 0 Å². The number of anilines is 1. The zero-order valence-corrected chi connectivity index (χ0v) is 12.5. The van der Waals surface area contributed by atoms with E-state index in [0.29, 0.717) is 17.3 Å². The molecule has 0 aliphatic carbocycles. The van der Waals surface area contributed by atoms with Gasteiger partial charge in [0, 0.05) is 6.07 Å². The van der Waals surface area contributed by atoms with Crippen molar-refractivity contribution < 1.29 is 4.92 Å². The quantitative estimate of drug-likeness (QED) is 0.549. The van der Waals surface area contributed by atoms with Gasteiger partial charge in [-0.25, -0.2) is 4.98 Å². The van der Waals surface area contributed by atoms with E-state index in [1.165, 1.54) is 29.5 Å². The summed E-state index contributed by atoms with van der Waals surface area (Å²) >= 11 is 1.53. The van der Waals surface area contributed by atoms with E-state index in [4.69, 9.17) is 5.26 Å². The highest BCUT2D eigenvalue weighted by molar-refractivity contribution is 7.13. The first kappa shape index (κ1) is 14.7. The number of aromatic nitrogens is 3. The summed E-state index contributed by atoms with van der Waals surface area (Å²) in [5.74, 6) is 1.15. The molecule has 0 bridgehead atoms. The number of nitrogens with one attached hydrogen (secondary N) is 2. The van der Waals surface area contributed by atoms with Gasteiger partial charge in [0.1, 0.15) is 11.5 Å². The summed E-state index contributed by atoms with van der Waals surface area (Å²) in [7, 11) is 0. The molecule has 2 heterocycles. The minimum Gasteiger partial charge on any atom is -0.372 e. The molecule has 9 heteroatoms. The average Bonchev–Trinajstić information content (AvgIpc) is 3.23. The molecule has 0 spiro atoms. The first-order valence-electron chi connectivity index (χ1n) is 6.55. The van der Waals surface area contributed by atoms with Crippen LogP contribution in [0.1, 0.15) is 11.4 Å². The Hall–Kier alpha value is -3.25. The third-order valence-electron chi connectivity index (χ3n) is 3.04. The van der Waals surface area contributed by atoms with Gasteiger partial charge in [-0.2, -0.15) is 10.4 Å². The maximum Gasteiger partial charge on any atom is 0.293 e. The van der Waals surface area contributed by atoms with Crippen LogP contribution in [0.4, 0.5) is 11.4 Å². The average molecular weight is 326 g/mol. The van der Waals surface area contributed by atoms with Gasteiger partial charge in [-0.1, -0.05) is 6.07 Å². The summed E-state index contributed by atoms with van der Waals surface area (Å²) in [4.78, 5) is 15.8. The van der Waals surface area contributed by atoms with Crippen molar-refractivity contribution in [3.8, 4) is 16.8 Å². The maximum atomic E-state index is 11.1. The summed E-state index contributed by atoms with van der Waals surface area (Å²) in [5.41, 5.74) is 0.409. The Bertz CT molecular complexity index is 881. The molecule has 0 saturated carbocycles. The van der Waals surface area contributed by atoms with Crippen molar-refractivity contribution in [2.75, 3.05) is 5.32 Å². The van der Waals surface area contributed by atoms with Crippen LogP contribution < -0.4 is 5.32 Å². The summed E-state index contributed by atoms with van der Waals surface area (Å²) in [6.07, 6.45) is 0. The van der Waals surface area contributed by atoms with Crippen molar-refractivity contribution in [3.05, 3.63) is 57.2 Å². The molecule has 2 N–H and O–H groups in total. The van der Waals surface area contributed by atoms with Crippen molar-refractivity contribution in [1.29, 1.82) is 5.26 Å². The van der Waals surface area contributed by atoms with Gasteiger partial charge in [0.25, 0.3) is 5.69 Å². The van der Waals surface area contributed by atoms with Gasteiger partial charge >= 0.3 is 0 Å². The van der Waals surface area contributed by atoms with Gasteiger partial charge in [0.05, 0.1) is 28.0 Å². The summed E-state index contributed by atoms with van der Waals surface area (Å²) in [6.45, 7) is 0.255. The lowest BCUT2D eigenvalue weighted by Crippen LogP contribution is -2.04. The second-order valence-electron chi connectivity index (χ2n) is 4.54. The van der Waals surface area contributed by atoms with E-state index in [-0.39, 0.29) is 17.8 Å². The number of aromatic amines is 1. The number of nitro benzene ring substituents is 1. The number of hydrogen-bond acceptors (Lipinski definition) is 7. The van der Waals surface area contributed by atoms with E-state index in [9.17, 15) is 10.1 Å². The molecule has 0 unspecified atom stereocenters. The van der Waals surface area contributed by atoms with E-state index in [2.05, 4.69) is 20.5 Å². The fourth-order valence-corrected chi connectivity index (χ4v) is 2.63. The molecule has 0 fully saturated rings. The molecular weight excluding hydrogens is 316 g/mol. The lowest BCUT2D eigenvalue weighted by atomic mass is 10.2. The van der Waals surface area contributed by atoms with Crippen LogP contribution in [0.2, 0.25) is 0 Å². The number of nitriles is 1. The summed E-state index contributed by atoms with van der Waals surface area (Å²) in [6, 6.07) is 9.97. The molecule has 0 aliphatic rings. The minimum atomic E-state index is -0.527. The molecule has 2 aromatic heterocycles. The van der Waals surface area contributed by atoms with Gasteiger partial charge in [0.2, 0.25) is 0 Å². The minimum absolute atomic E-state index is 0.151. The van der Waals surface area contributed by atoms with Crippen LogP contribution in [0.25, 0.3) is 10.7 Å². The van der Waals surface area contributed by atoms with Crippen LogP contribution in [0, 0.1) is 21.4 Å². The van der Waals surface area contributed by atoms with E-state index in [1.807, 2.05) is 23.6 Å². The molecule has 3 rings (SSSR count). The largest absolute Gasteiger partial charge is 0.372 e. The van der Waals surface area contributed by atoms with Crippen molar-refractivity contribution >= 4 is 22.7 Å². The number of rotatable bonds is 5. The molecule has 114 valence electrons. The fraction of sp³-hybridized carbons (Fsp3) is 0.0714. The zero-order valence-electron chi connectivity index (χ0n) is 11.7. The van der Waals surface area contributed by atoms with Crippen LogP contribution in [0.5, 0.6) is 0 Å². The highest BCUT2D eigenvalue weighted by Crippen LogP contribution is 2.26. The van der Waals surface area contributed by atoms with E-state index in [0.717, 1.165) is 4.88 Å². The van der Waals surface area contributed by atoms with Gasteiger partial charge < -0.3 is 5.32 Å². The predicted octanol–water partition coefficient (Wildman–Crippen LogP) is 2.93. The van der Waals surface area contributed by atoms with Crippen LogP contribution in [-0.2, 0) is 6.54 Å². The van der Waals surface area contributed by atoms with Gasteiger partial charge in [-0.3, -0.25) is 15.2 Å². The molecule has 8 nitrogen and oxygen atoms in total. The Morgan fingerprint density at radius 1 is 1.43 bits per heavy atom. The van der Waals surface area contributed by atoms with Gasteiger partial charge in [-0.05, 0) is 23.6 Å². The normalized spacial score (nSPS) is 10.2. The Morgan fingerprint density at radius 2 is 2.30 bits per heavy atom. The SMILES string of the molecule is N#Cc1ccc(NCc2nc(-c3cccs3)n[nH]2)c([N+](=O)[O-])c1. The second kappa shape index (κ2) is 6.25. The van der Waals surface area contributed by atoms with Crippen LogP contribution in [0.3, 0.4) is 0 Å². The standard InChI is InChI=1S/C14H10N6O2S/c15-7-9-3-4-10(11(6-9)20(21)22)16-8-13-17-14(19-18-13)12-2-1-5-23-12/h1-6,16H,8H2,(H,17,18,19). The topological polar surface area (TPSA) is 121 Å². The van der Waals surface area contributed by atoms with Crippen molar-refractivity contribution in [3.63, 3.8) is 0 Å². The predicted molar refractivity (Wildman–Crippen MR) is 84.8 cm³/mol. The molecule has 1 aromatic carbocycles. The summed E-state index contributed by atoms with van der Waals surface area (Å²) in [5, 5.41) is 31.7. The molecule has 0 saturated heterocycles. The van der Waals surface area contributed by atoms with E-state index < -0.39 is 4.92 Å². The van der Waals surface area contributed by atoms with Crippen LogP contribution in [0.15, 0.2) is 35.7 Å². The smallest absolute Gasteiger partial charge is 0.293 e. The van der Waals surface area contributed by atoms with E-state index >= 15 is 0 Å². The number of benzene rings is 1. The van der Waals surface area contributed by atoms with Crippen LogP contribution >= 0.6 is 11.3 Å². The fourth-order valence-electron chi connectivity index (χ4n) is 1.97. The monoisotopic (exact) mass is 326 g/mol. The Balaban J connectivity index is 1.76. The third kappa shape index (κ3) is 3.17.